The van der Waals surface area contributed by atoms with Crippen LogP contribution in [0.5, 0.6) is 0 Å². The first-order valence-electron chi connectivity index (χ1n) is 11.6. The molecule has 0 aromatic rings. The number of ketones is 3. The van der Waals surface area contributed by atoms with Crippen molar-refractivity contribution >= 4 is 29.3 Å². The molecule has 0 spiro atoms. The number of ether oxygens (including phenoxy) is 2. The molecule has 3 fully saturated rings. The van der Waals surface area contributed by atoms with Crippen LogP contribution in [0.15, 0.2) is 11.6 Å². The maximum absolute atomic E-state index is 13.4. The Morgan fingerprint density at radius 1 is 1.00 bits per heavy atom. The van der Waals surface area contributed by atoms with Gasteiger partial charge in [-0.3, -0.25) is 24.0 Å². The summed E-state index contributed by atoms with van der Waals surface area (Å²) in [5.41, 5.74) is -1.12. The summed E-state index contributed by atoms with van der Waals surface area (Å²) < 4.78 is 10.8. The SMILES string of the molecule is CC(=O)OCC(=O)[C@@]1(OC(C)=O)CC[C@H]2[C@@H]3CCC4=CC(=O)C(=O)C[C@]4(C)[C@H]3CC[C@@]21C. The summed E-state index contributed by atoms with van der Waals surface area (Å²) in [5.74, 6) is -1.45. The minimum absolute atomic E-state index is 0.146. The summed E-state index contributed by atoms with van der Waals surface area (Å²) in [6.45, 7) is 6.31. The van der Waals surface area contributed by atoms with Crippen LogP contribution in [0.3, 0.4) is 0 Å². The van der Waals surface area contributed by atoms with E-state index in [4.69, 9.17) is 9.47 Å². The highest BCUT2D eigenvalue weighted by Gasteiger charge is 2.68. The number of hydrogen-bond acceptors (Lipinski definition) is 7. The Kier molecular flexibility index (Phi) is 5.45. The summed E-state index contributed by atoms with van der Waals surface area (Å²) in [6, 6.07) is 0. The van der Waals surface area contributed by atoms with Gasteiger partial charge in [0.1, 0.15) is 0 Å². The summed E-state index contributed by atoms with van der Waals surface area (Å²) in [5, 5.41) is 0. The van der Waals surface area contributed by atoms with E-state index in [1.807, 2.05) is 6.92 Å². The first-order chi connectivity index (χ1) is 14.9. The highest BCUT2D eigenvalue weighted by atomic mass is 16.6. The molecule has 0 amide bonds. The first kappa shape index (κ1) is 22.9. The molecule has 0 aromatic heterocycles. The zero-order chi connectivity index (χ0) is 23.5. The van der Waals surface area contributed by atoms with E-state index in [9.17, 15) is 24.0 Å². The fourth-order valence-corrected chi connectivity index (χ4v) is 7.68. The zero-order valence-electron chi connectivity index (χ0n) is 19.3. The van der Waals surface area contributed by atoms with Crippen molar-refractivity contribution in [1.82, 2.24) is 0 Å². The van der Waals surface area contributed by atoms with Gasteiger partial charge in [-0.2, -0.15) is 0 Å². The third-order valence-corrected chi connectivity index (χ3v) is 9.14. The first-order valence-corrected chi connectivity index (χ1v) is 11.6. The molecule has 32 heavy (non-hydrogen) atoms. The predicted molar refractivity (Wildman–Crippen MR) is 113 cm³/mol. The van der Waals surface area contributed by atoms with Crippen LogP contribution in [0.4, 0.5) is 0 Å². The Bertz CT molecular complexity index is 933. The summed E-state index contributed by atoms with van der Waals surface area (Å²) >= 11 is 0. The largest absolute Gasteiger partial charge is 0.458 e. The molecule has 0 aliphatic heterocycles. The van der Waals surface area contributed by atoms with Gasteiger partial charge in [0.15, 0.2) is 12.2 Å². The molecule has 0 aromatic carbocycles. The number of carbonyl (C=O) groups is 5. The van der Waals surface area contributed by atoms with Crippen LogP contribution in [-0.2, 0) is 33.4 Å². The molecule has 0 bridgehead atoms. The van der Waals surface area contributed by atoms with Crippen molar-refractivity contribution in [2.24, 2.45) is 28.6 Å². The van der Waals surface area contributed by atoms with E-state index in [0.717, 1.165) is 31.3 Å². The van der Waals surface area contributed by atoms with Gasteiger partial charge in [0.2, 0.25) is 17.3 Å². The van der Waals surface area contributed by atoms with Crippen molar-refractivity contribution in [1.29, 1.82) is 0 Å². The highest BCUT2D eigenvalue weighted by molar-refractivity contribution is 6.42. The minimum atomic E-state index is -1.31. The van der Waals surface area contributed by atoms with E-state index in [1.54, 1.807) is 6.08 Å². The summed E-state index contributed by atoms with van der Waals surface area (Å²) in [4.78, 5) is 61.1. The second-order valence-corrected chi connectivity index (χ2v) is 10.6. The molecule has 6 atom stereocenters. The lowest BCUT2D eigenvalue weighted by Crippen LogP contribution is -2.60. The van der Waals surface area contributed by atoms with Crippen molar-refractivity contribution in [3.05, 3.63) is 11.6 Å². The monoisotopic (exact) mass is 444 g/mol. The fourth-order valence-electron chi connectivity index (χ4n) is 7.68. The third-order valence-electron chi connectivity index (χ3n) is 9.14. The van der Waals surface area contributed by atoms with Crippen molar-refractivity contribution in [3.8, 4) is 0 Å². The van der Waals surface area contributed by atoms with Gasteiger partial charge in [-0.15, -0.1) is 0 Å². The molecule has 3 saturated carbocycles. The quantitative estimate of drug-likeness (QED) is 0.485. The van der Waals surface area contributed by atoms with Crippen LogP contribution >= 0.6 is 0 Å². The number of rotatable bonds is 4. The van der Waals surface area contributed by atoms with Crippen molar-refractivity contribution in [2.75, 3.05) is 6.61 Å². The van der Waals surface area contributed by atoms with E-state index in [-0.39, 0.29) is 46.9 Å². The molecule has 7 heteroatoms. The second kappa shape index (κ2) is 7.63. The molecular weight excluding hydrogens is 412 g/mol. The topological polar surface area (TPSA) is 104 Å². The maximum atomic E-state index is 13.4. The number of fused-ring (bicyclic) bond motifs is 5. The Balaban J connectivity index is 1.68. The van der Waals surface area contributed by atoms with Crippen molar-refractivity contribution in [2.45, 2.75) is 78.2 Å². The fraction of sp³-hybridized carbons (Fsp3) is 0.720. The molecular formula is C25H32O7. The number of esters is 2. The van der Waals surface area contributed by atoms with Gasteiger partial charge >= 0.3 is 11.9 Å². The zero-order valence-corrected chi connectivity index (χ0v) is 19.3. The number of allylic oxidation sites excluding steroid dienone is 1. The smallest absolute Gasteiger partial charge is 0.303 e. The number of carbonyl (C=O) groups excluding carboxylic acids is 5. The van der Waals surface area contributed by atoms with Crippen LogP contribution < -0.4 is 0 Å². The lowest BCUT2D eigenvalue weighted by molar-refractivity contribution is -0.191. The second-order valence-electron chi connectivity index (χ2n) is 10.6. The van der Waals surface area contributed by atoms with Gasteiger partial charge in [0.05, 0.1) is 0 Å². The Labute approximate surface area is 188 Å². The highest BCUT2D eigenvalue weighted by Crippen LogP contribution is 2.68. The normalized spacial score (nSPS) is 40.5. The van der Waals surface area contributed by atoms with Crippen LogP contribution in [-0.4, -0.2) is 41.5 Å². The molecule has 0 saturated heterocycles. The molecule has 174 valence electrons. The number of hydrogen-bond donors (Lipinski definition) is 0. The van der Waals surface area contributed by atoms with Gasteiger partial charge in [-0.05, 0) is 67.8 Å². The van der Waals surface area contributed by atoms with Crippen LogP contribution in [0.25, 0.3) is 0 Å². The van der Waals surface area contributed by atoms with E-state index in [1.165, 1.54) is 13.8 Å². The Morgan fingerprint density at radius 2 is 1.69 bits per heavy atom. The van der Waals surface area contributed by atoms with E-state index < -0.39 is 29.6 Å². The van der Waals surface area contributed by atoms with Crippen LogP contribution in [0.2, 0.25) is 0 Å². The maximum Gasteiger partial charge on any atom is 0.303 e. The van der Waals surface area contributed by atoms with E-state index in [2.05, 4.69) is 6.92 Å². The predicted octanol–water partition coefficient (Wildman–Crippen LogP) is 3.13. The molecule has 0 heterocycles. The standard InChI is InChI=1S/C25H32O7/c1-14(26)31-13-22(30)25(32-15(2)27)10-8-19-17-6-5-16-11-20(28)21(29)12-23(16,3)18(17)7-9-24(19,25)4/h11,17-19H,5-10,12-13H2,1-4H3/t17-,18+,19+,23+,24+,25+/m1/s1. The van der Waals surface area contributed by atoms with Gasteiger partial charge in [0.25, 0.3) is 0 Å². The molecule has 0 radical (unpaired) electrons. The van der Waals surface area contributed by atoms with Crippen molar-refractivity contribution < 1.29 is 33.4 Å². The summed E-state index contributed by atoms with van der Waals surface area (Å²) in [7, 11) is 0. The molecule has 0 unspecified atom stereocenters. The Hall–Kier alpha value is -2.31. The minimum Gasteiger partial charge on any atom is -0.458 e. The van der Waals surface area contributed by atoms with Gasteiger partial charge in [-0.25, -0.2) is 0 Å². The Morgan fingerprint density at radius 3 is 2.34 bits per heavy atom. The van der Waals surface area contributed by atoms with Crippen molar-refractivity contribution in [3.63, 3.8) is 0 Å². The molecule has 0 N–H and O–H groups in total. The third kappa shape index (κ3) is 3.19. The van der Waals surface area contributed by atoms with Crippen LogP contribution in [0, 0.1) is 28.6 Å². The molecule has 4 aliphatic rings. The van der Waals surface area contributed by atoms with Gasteiger partial charge < -0.3 is 9.47 Å². The molecule has 4 rings (SSSR count). The summed E-state index contributed by atoms with van der Waals surface area (Å²) in [6.07, 6.45) is 6.08. The van der Waals surface area contributed by atoms with Crippen LogP contribution in [0.1, 0.15) is 72.6 Å². The molecule has 7 nitrogen and oxygen atoms in total. The number of Topliss-reactive ketones (excluding diaryl/α,β-unsaturated/α-hetero) is 2. The average molecular weight is 445 g/mol. The van der Waals surface area contributed by atoms with Gasteiger partial charge in [0, 0.05) is 25.7 Å². The average Bonchev–Trinajstić information content (AvgIpc) is 3.00. The lowest BCUT2D eigenvalue weighted by atomic mass is 9.46. The van der Waals surface area contributed by atoms with E-state index >= 15 is 0 Å². The lowest BCUT2D eigenvalue weighted by Gasteiger charge is -2.58. The molecule has 4 aliphatic carbocycles. The van der Waals surface area contributed by atoms with Gasteiger partial charge in [-0.1, -0.05) is 19.4 Å². The van der Waals surface area contributed by atoms with E-state index in [0.29, 0.717) is 12.8 Å².